The number of rotatable bonds is 4. The van der Waals surface area contributed by atoms with Gasteiger partial charge in [0.1, 0.15) is 0 Å². The van der Waals surface area contributed by atoms with Gasteiger partial charge in [-0.15, -0.1) is 12.4 Å². The average Bonchev–Trinajstić information content (AvgIpc) is 2.33. The normalized spacial score (nSPS) is 19.7. The lowest BCUT2D eigenvalue weighted by molar-refractivity contribution is 0.0911. The van der Waals surface area contributed by atoms with Gasteiger partial charge >= 0.3 is 0 Å². The van der Waals surface area contributed by atoms with Crippen molar-refractivity contribution in [3.05, 3.63) is 34.9 Å². The quantitative estimate of drug-likeness (QED) is 0.909. The molecule has 0 amide bonds. The van der Waals surface area contributed by atoms with Gasteiger partial charge in [-0.2, -0.15) is 0 Å². The highest BCUT2D eigenvalue weighted by atomic mass is 35.5. The van der Waals surface area contributed by atoms with Crippen LogP contribution in [0.1, 0.15) is 24.8 Å². The number of benzene rings is 1. The van der Waals surface area contributed by atoms with E-state index in [1.165, 1.54) is 24.8 Å². The summed E-state index contributed by atoms with van der Waals surface area (Å²) in [6.45, 7) is 2.62. The lowest BCUT2D eigenvalue weighted by Crippen LogP contribution is -2.37. The predicted molar refractivity (Wildman–Crippen MR) is 74.0 cm³/mol. The van der Waals surface area contributed by atoms with E-state index in [9.17, 15) is 0 Å². The Morgan fingerprint density at radius 2 is 2.00 bits per heavy atom. The minimum atomic E-state index is 0. The highest BCUT2D eigenvalue weighted by Crippen LogP contribution is 2.11. The molecule has 1 fully saturated rings. The molecule has 2 rings (SSSR count). The summed E-state index contributed by atoms with van der Waals surface area (Å²) in [5.41, 5.74) is 1.18. The van der Waals surface area contributed by atoms with E-state index in [0.717, 1.165) is 18.2 Å². The molecular weight excluding hydrogens is 257 g/mol. The van der Waals surface area contributed by atoms with Gasteiger partial charge in [-0.1, -0.05) is 30.2 Å². The lowest BCUT2D eigenvalue weighted by Gasteiger charge is -2.23. The average molecular weight is 276 g/mol. The molecule has 1 N–H and O–H groups in total. The Morgan fingerprint density at radius 1 is 1.24 bits per heavy atom. The second-order valence-electron chi connectivity index (χ2n) is 4.29. The molecule has 1 aromatic rings. The van der Waals surface area contributed by atoms with Crippen LogP contribution in [-0.2, 0) is 11.3 Å². The van der Waals surface area contributed by atoms with Gasteiger partial charge in [0.15, 0.2) is 0 Å². The summed E-state index contributed by atoms with van der Waals surface area (Å²) in [7, 11) is 0. The maximum absolute atomic E-state index is 5.82. The van der Waals surface area contributed by atoms with Gasteiger partial charge in [0.2, 0.25) is 0 Å². The molecule has 1 heterocycles. The molecule has 1 aromatic carbocycles. The van der Waals surface area contributed by atoms with E-state index >= 15 is 0 Å². The van der Waals surface area contributed by atoms with Gasteiger partial charge < -0.3 is 10.1 Å². The maximum Gasteiger partial charge on any atom is 0.0717 e. The number of nitrogens with one attached hydrogen (secondary N) is 1. The predicted octanol–water partition coefficient (Wildman–Crippen LogP) is 3.42. The summed E-state index contributed by atoms with van der Waals surface area (Å²) >= 11 is 5.82. The van der Waals surface area contributed by atoms with Crippen molar-refractivity contribution in [2.45, 2.75) is 31.9 Å². The third-order valence-corrected chi connectivity index (χ3v) is 3.17. The van der Waals surface area contributed by atoms with Crippen molar-refractivity contribution in [1.82, 2.24) is 5.32 Å². The van der Waals surface area contributed by atoms with Crippen LogP contribution in [0.5, 0.6) is 0 Å². The zero-order valence-electron chi connectivity index (χ0n) is 9.82. The summed E-state index contributed by atoms with van der Waals surface area (Å²) in [6, 6.07) is 8.37. The van der Waals surface area contributed by atoms with Crippen molar-refractivity contribution in [2.24, 2.45) is 0 Å². The summed E-state index contributed by atoms with van der Waals surface area (Å²) in [5.74, 6) is 0. The van der Waals surface area contributed by atoms with Gasteiger partial charge in [-0.3, -0.25) is 0 Å². The first-order valence-electron chi connectivity index (χ1n) is 5.90. The molecule has 0 radical (unpaired) electrons. The Balaban J connectivity index is 0.00000144. The van der Waals surface area contributed by atoms with E-state index in [0.29, 0.717) is 12.6 Å². The Hall–Kier alpha value is -0.280. The standard InChI is InChI=1S/C13H18ClNO.ClH/c14-12-6-4-11(5-7-12)9-16-10-13-3-1-2-8-15-13;/h4-7,13,15H,1-3,8-10H2;1H. The Labute approximate surface area is 114 Å². The van der Waals surface area contributed by atoms with E-state index in [1.807, 2.05) is 24.3 Å². The molecule has 4 heteroatoms. The SMILES string of the molecule is Cl.Clc1ccc(COCC2CCCCN2)cc1. The van der Waals surface area contributed by atoms with Crippen LogP contribution in [0.3, 0.4) is 0 Å². The fourth-order valence-corrected chi connectivity index (χ4v) is 2.09. The molecule has 17 heavy (non-hydrogen) atoms. The van der Waals surface area contributed by atoms with Crippen molar-refractivity contribution >= 4 is 24.0 Å². The van der Waals surface area contributed by atoms with E-state index < -0.39 is 0 Å². The third kappa shape index (κ3) is 5.26. The van der Waals surface area contributed by atoms with Crippen LogP contribution < -0.4 is 5.32 Å². The first-order valence-corrected chi connectivity index (χ1v) is 6.28. The van der Waals surface area contributed by atoms with Crippen molar-refractivity contribution in [1.29, 1.82) is 0 Å². The molecule has 1 atom stereocenters. The van der Waals surface area contributed by atoms with Gasteiger partial charge in [-0.25, -0.2) is 0 Å². The fraction of sp³-hybridized carbons (Fsp3) is 0.538. The molecule has 96 valence electrons. The maximum atomic E-state index is 5.82. The monoisotopic (exact) mass is 275 g/mol. The minimum Gasteiger partial charge on any atom is -0.375 e. The van der Waals surface area contributed by atoms with E-state index in [4.69, 9.17) is 16.3 Å². The third-order valence-electron chi connectivity index (χ3n) is 2.91. The Morgan fingerprint density at radius 3 is 2.65 bits per heavy atom. The van der Waals surface area contributed by atoms with Crippen LogP contribution in [0, 0.1) is 0 Å². The number of ether oxygens (including phenoxy) is 1. The van der Waals surface area contributed by atoms with Crippen LogP contribution in [0.2, 0.25) is 5.02 Å². The van der Waals surface area contributed by atoms with Crippen LogP contribution in [0.4, 0.5) is 0 Å². The van der Waals surface area contributed by atoms with Crippen LogP contribution in [-0.4, -0.2) is 19.2 Å². The summed E-state index contributed by atoms with van der Waals surface area (Å²) in [5, 5.41) is 4.24. The van der Waals surface area contributed by atoms with E-state index in [-0.39, 0.29) is 12.4 Å². The zero-order valence-corrected chi connectivity index (χ0v) is 11.4. The van der Waals surface area contributed by atoms with Gasteiger partial charge in [0.25, 0.3) is 0 Å². The molecule has 0 saturated carbocycles. The summed E-state index contributed by atoms with van der Waals surface area (Å²) < 4.78 is 5.69. The second-order valence-corrected chi connectivity index (χ2v) is 4.72. The highest BCUT2D eigenvalue weighted by Gasteiger charge is 2.11. The van der Waals surface area contributed by atoms with Gasteiger partial charge in [0, 0.05) is 11.1 Å². The van der Waals surface area contributed by atoms with Crippen LogP contribution in [0.25, 0.3) is 0 Å². The van der Waals surface area contributed by atoms with E-state index in [2.05, 4.69) is 5.32 Å². The van der Waals surface area contributed by atoms with Crippen LogP contribution in [0.15, 0.2) is 24.3 Å². The lowest BCUT2D eigenvalue weighted by atomic mass is 10.1. The largest absolute Gasteiger partial charge is 0.375 e. The molecular formula is C13H19Cl2NO. The first kappa shape index (κ1) is 14.8. The molecule has 1 unspecified atom stereocenters. The fourth-order valence-electron chi connectivity index (χ4n) is 1.97. The molecule has 2 nitrogen and oxygen atoms in total. The van der Waals surface area contributed by atoms with Crippen molar-refractivity contribution in [3.8, 4) is 0 Å². The second kappa shape index (κ2) is 7.93. The van der Waals surface area contributed by atoms with Crippen LogP contribution >= 0.6 is 24.0 Å². The molecule has 0 bridgehead atoms. The van der Waals surface area contributed by atoms with Crippen molar-refractivity contribution < 1.29 is 4.74 Å². The smallest absolute Gasteiger partial charge is 0.0717 e. The highest BCUT2D eigenvalue weighted by molar-refractivity contribution is 6.30. The summed E-state index contributed by atoms with van der Waals surface area (Å²) in [6.07, 6.45) is 3.86. The van der Waals surface area contributed by atoms with E-state index in [1.54, 1.807) is 0 Å². The first-order chi connectivity index (χ1) is 7.84. The zero-order chi connectivity index (χ0) is 11.2. The molecule has 1 aliphatic heterocycles. The number of hydrogen-bond donors (Lipinski definition) is 1. The molecule has 0 aliphatic carbocycles. The molecule has 0 aromatic heterocycles. The number of hydrogen-bond acceptors (Lipinski definition) is 2. The summed E-state index contributed by atoms with van der Waals surface area (Å²) in [4.78, 5) is 0. The molecule has 1 aliphatic rings. The van der Waals surface area contributed by atoms with Crippen molar-refractivity contribution in [3.63, 3.8) is 0 Å². The number of piperidine rings is 1. The minimum absolute atomic E-state index is 0. The Kier molecular flexibility index (Phi) is 6.90. The van der Waals surface area contributed by atoms with Crippen molar-refractivity contribution in [2.75, 3.05) is 13.2 Å². The molecule has 0 spiro atoms. The number of halogens is 2. The Bertz CT molecular complexity index is 310. The van der Waals surface area contributed by atoms with Gasteiger partial charge in [0.05, 0.1) is 13.2 Å². The van der Waals surface area contributed by atoms with Gasteiger partial charge in [-0.05, 0) is 37.1 Å². The molecule has 1 saturated heterocycles. The topological polar surface area (TPSA) is 21.3 Å².